The zero-order valence-electron chi connectivity index (χ0n) is 14.6. The van der Waals surface area contributed by atoms with Crippen molar-refractivity contribution < 1.29 is 36.0 Å². The van der Waals surface area contributed by atoms with Gasteiger partial charge in [-0.2, -0.15) is 19.1 Å². The molecule has 27 heavy (non-hydrogen) atoms. The number of nitrogens with two attached hydrogens (primary N) is 1. The molecule has 7 nitrogen and oxygen atoms in total. The molecule has 1 saturated heterocycles. The van der Waals surface area contributed by atoms with E-state index in [1.165, 1.54) is 16.4 Å². The number of ether oxygens (including phenoxy) is 1. The van der Waals surface area contributed by atoms with Crippen LogP contribution in [-0.4, -0.2) is 43.1 Å². The van der Waals surface area contributed by atoms with E-state index in [1.807, 2.05) is 0 Å². The van der Waals surface area contributed by atoms with Crippen molar-refractivity contribution in [3.8, 4) is 5.75 Å². The van der Waals surface area contributed by atoms with E-state index in [1.54, 1.807) is 6.92 Å². The summed E-state index contributed by atoms with van der Waals surface area (Å²) in [6, 6.07) is 4.32. The van der Waals surface area contributed by atoms with Gasteiger partial charge < -0.3 is 9.57 Å². The van der Waals surface area contributed by atoms with Gasteiger partial charge in [0.2, 0.25) is 10.0 Å². The first-order valence-corrected chi connectivity index (χ1v) is 9.83. The van der Waals surface area contributed by atoms with Crippen LogP contribution < -0.4 is 10.6 Å². The maximum atomic E-state index is 12.6. The minimum absolute atomic E-state index is 0.0281. The smallest absolute Gasteiger partial charge is 0.416 e. The van der Waals surface area contributed by atoms with Crippen LogP contribution in [0, 0.1) is 0 Å². The second-order valence-electron chi connectivity index (χ2n) is 6.12. The van der Waals surface area contributed by atoms with E-state index in [0.29, 0.717) is 12.8 Å². The van der Waals surface area contributed by atoms with E-state index in [9.17, 15) is 26.4 Å². The number of piperidine rings is 1. The predicted octanol–water partition coefficient (Wildman–Crippen LogP) is 2.07. The van der Waals surface area contributed by atoms with Crippen molar-refractivity contribution in [1.82, 2.24) is 4.31 Å². The molecule has 2 N–H and O–H groups in total. The van der Waals surface area contributed by atoms with Gasteiger partial charge in [-0.25, -0.2) is 17.5 Å². The van der Waals surface area contributed by atoms with Crippen LogP contribution in [0.5, 0.6) is 5.75 Å². The molecule has 1 aliphatic rings. The molecule has 1 fully saturated rings. The highest BCUT2D eigenvalue weighted by Crippen LogP contribution is 2.31. The monoisotopic (exact) mass is 410 g/mol. The second-order valence-corrected chi connectivity index (χ2v) is 8.23. The van der Waals surface area contributed by atoms with Crippen molar-refractivity contribution >= 4 is 16.0 Å². The van der Waals surface area contributed by atoms with Crippen LogP contribution in [0.15, 0.2) is 24.3 Å². The molecular formula is C16H21F3N2O5S. The number of sulfonamides is 1. The average Bonchev–Trinajstić information content (AvgIpc) is 2.62. The van der Waals surface area contributed by atoms with Gasteiger partial charge in [-0.1, -0.05) is 6.92 Å². The van der Waals surface area contributed by atoms with Crippen molar-refractivity contribution in [2.45, 2.75) is 43.7 Å². The van der Waals surface area contributed by atoms with Gasteiger partial charge in [0.1, 0.15) is 11.9 Å². The Hall–Kier alpha value is -1.85. The van der Waals surface area contributed by atoms with Gasteiger partial charge in [0.05, 0.1) is 5.56 Å². The van der Waals surface area contributed by atoms with E-state index in [0.717, 1.165) is 12.1 Å². The van der Waals surface area contributed by atoms with Crippen molar-refractivity contribution in [3.05, 3.63) is 29.8 Å². The minimum atomic E-state index is -4.42. The van der Waals surface area contributed by atoms with Crippen LogP contribution in [-0.2, 0) is 25.8 Å². The number of carbonyl (C=O) groups is 1. The summed E-state index contributed by atoms with van der Waals surface area (Å²) in [6.45, 7) is 1.80. The summed E-state index contributed by atoms with van der Waals surface area (Å²) in [7, 11) is -3.91. The van der Waals surface area contributed by atoms with Crippen LogP contribution in [0.25, 0.3) is 0 Å². The van der Waals surface area contributed by atoms with Crippen molar-refractivity contribution in [1.29, 1.82) is 0 Å². The highest BCUT2D eigenvalue weighted by Gasteiger charge is 2.39. The summed E-state index contributed by atoms with van der Waals surface area (Å²) in [6.07, 6.45) is -4.04. The SMILES string of the molecule is CCC(C(=O)ON)S(=O)(=O)N1CCC(Oc2ccc(C(F)(F)F)cc2)CC1. The van der Waals surface area contributed by atoms with Gasteiger partial charge in [-0.3, -0.25) is 0 Å². The molecule has 2 rings (SSSR count). The van der Waals surface area contributed by atoms with Crippen molar-refractivity contribution in [2.24, 2.45) is 5.90 Å². The Morgan fingerprint density at radius 1 is 1.26 bits per heavy atom. The first-order valence-electron chi connectivity index (χ1n) is 8.33. The lowest BCUT2D eigenvalue weighted by atomic mass is 10.1. The highest BCUT2D eigenvalue weighted by molar-refractivity contribution is 7.90. The summed E-state index contributed by atoms with van der Waals surface area (Å²) in [5, 5.41) is -1.37. The van der Waals surface area contributed by atoms with Crippen molar-refractivity contribution in [2.75, 3.05) is 13.1 Å². The maximum Gasteiger partial charge on any atom is 0.416 e. The topological polar surface area (TPSA) is 98.9 Å². The average molecular weight is 410 g/mol. The quantitative estimate of drug-likeness (QED) is 0.721. The molecule has 1 aromatic rings. The number of nitrogens with zero attached hydrogens (tertiary/aromatic N) is 1. The molecule has 0 amide bonds. The number of alkyl halides is 3. The molecule has 0 aromatic heterocycles. The molecule has 0 aliphatic carbocycles. The number of hydrogen-bond acceptors (Lipinski definition) is 6. The number of hydrogen-bond donors (Lipinski definition) is 1. The van der Waals surface area contributed by atoms with E-state index in [-0.39, 0.29) is 31.4 Å². The molecule has 1 aromatic carbocycles. The molecule has 0 bridgehead atoms. The van der Waals surface area contributed by atoms with E-state index < -0.39 is 33.0 Å². The third-order valence-electron chi connectivity index (χ3n) is 4.35. The Morgan fingerprint density at radius 3 is 2.26 bits per heavy atom. The summed E-state index contributed by atoms with van der Waals surface area (Å²) < 4.78 is 69.6. The standard InChI is InChI=1S/C16H21F3N2O5S/c1-2-14(15(22)26-20)27(23,24)21-9-7-13(8-10-21)25-12-5-3-11(4-6-12)16(17,18)19/h3-6,13-14H,2,7-10,20H2,1H3. The largest absolute Gasteiger partial charge is 0.490 e. The first-order chi connectivity index (χ1) is 12.6. The number of rotatable bonds is 6. The van der Waals surface area contributed by atoms with Crippen LogP contribution in [0.2, 0.25) is 0 Å². The Kier molecular flexibility index (Phi) is 6.71. The van der Waals surface area contributed by atoms with Gasteiger partial charge in [0, 0.05) is 13.1 Å². The number of benzene rings is 1. The fourth-order valence-electron chi connectivity index (χ4n) is 2.87. The van der Waals surface area contributed by atoms with Crippen molar-refractivity contribution in [3.63, 3.8) is 0 Å². The Labute approximate surface area is 155 Å². The van der Waals surface area contributed by atoms with Crippen LogP contribution in [0.4, 0.5) is 13.2 Å². The molecule has 1 aliphatic heterocycles. The number of halogens is 3. The summed E-state index contributed by atoms with van der Waals surface area (Å²) in [4.78, 5) is 15.6. The zero-order chi connectivity index (χ0) is 20.2. The molecular weight excluding hydrogens is 389 g/mol. The van der Waals surface area contributed by atoms with Gasteiger partial charge in [0.25, 0.3) is 0 Å². The van der Waals surface area contributed by atoms with Gasteiger partial charge in [0.15, 0.2) is 5.25 Å². The van der Waals surface area contributed by atoms with E-state index in [4.69, 9.17) is 10.6 Å². The third-order valence-corrected chi connectivity index (χ3v) is 6.68. The van der Waals surface area contributed by atoms with Crippen LogP contribution in [0.1, 0.15) is 31.7 Å². The van der Waals surface area contributed by atoms with Gasteiger partial charge in [-0.15, -0.1) is 0 Å². The lowest BCUT2D eigenvalue weighted by molar-refractivity contribution is -0.143. The molecule has 0 spiro atoms. The molecule has 1 unspecified atom stereocenters. The maximum absolute atomic E-state index is 12.6. The molecule has 0 radical (unpaired) electrons. The predicted molar refractivity (Wildman–Crippen MR) is 89.9 cm³/mol. The molecule has 0 saturated carbocycles. The van der Waals surface area contributed by atoms with E-state index >= 15 is 0 Å². The van der Waals surface area contributed by atoms with Gasteiger partial charge >= 0.3 is 12.1 Å². The summed E-state index contributed by atoms with van der Waals surface area (Å²) >= 11 is 0. The Morgan fingerprint density at radius 2 is 1.81 bits per heavy atom. The Balaban J connectivity index is 1.96. The second kappa shape index (κ2) is 8.44. The molecule has 152 valence electrons. The molecule has 11 heteroatoms. The van der Waals surface area contributed by atoms with Gasteiger partial charge in [-0.05, 0) is 43.5 Å². The fraction of sp³-hybridized carbons (Fsp3) is 0.562. The first kappa shape index (κ1) is 21.5. The van der Waals surface area contributed by atoms with E-state index in [2.05, 4.69) is 4.84 Å². The third kappa shape index (κ3) is 5.11. The fourth-order valence-corrected chi connectivity index (χ4v) is 4.67. The summed E-state index contributed by atoms with van der Waals surface area (Å²) in [5.41, 5.74) is -0.770. The van der Waals surface area contributed by atoms with Crippen LogP contribution in [0.3, 0.4) is 0 Å². The number of carbonyl (C=O) groups excluding carboxylic acids is 1. The molecule has 1 atom stereocenters. The highest BCUT2D eigenvalue weighted by atomic mass is 32.2. The molecule has 1 heterocycles. The minimum Gasteiger partial charge on any atom is -0.490 e. The van der Waals surface area contributed by atoms with Crippen LogP contribution >= 0.6 is 0 Å². The normalized spacial score (nSPS) is 18.1. The zero-order valence-corrected chi connectivity index (χ0v) is 15.4. The lowest BCUT2D eigenvalue weighted by Crippen LogP contribution is -2.48. The Bertz CT molecular complexity index is 744. The lowest BCUT2D eigenvalue weighted by Gasteiger charge is -2.33. The summed E-state index contributed by atoms with van der Waals surface area (Å²) in [5.74, 6) is 4.06.